The molecule has 0 aliphatic heterocycles. The van der Waals surface area contributed by atoms with Crippen molar-refractivity contribution in [3.8, 4) is 5.75 Å². The Kier molecular flexibility index (Phi) is 8.53. The summed E-state index contributed by atoms with van der Waals surface area (Å²) in [7, 11) is 0. The molecule has 2 aromatic rings. The molecule has 0 aromatic heterocycles. The number of rotatable bonds is 7. The van der Waals surface area contributed by atoms with Gasteiger partial charge in [0.2, 0.25) is 11.6 Å². The third-order valence-corrected chi connectivity index (χ3v) is 8.80. The van der Waals surface area contributed by atoms with E-state index in [1.54, 1.807) is 0 Å². The maximum Gasteiger partial charge on any atom is 0.470 e. The smallest absolute Gasteiger partial charge is 0.424 e. The minimum absolute atomic E-state index is 2.60. The van der Waals surface area contributed by atoms with Crippen molar-refractivity contribution in [2.75, 3.05) is 0 Å². The fourth-order valence-corrected chi connectivity index (χ4v) is 5.00. The van der Waals surface area contributed by atoms with Gasteiger partial charge in [-0.1, -0.05) is 0 Å². The van der Waals surface area contributed by atoms with E-state index in [2.05, 4.69) is 26.9 Å². The first-order chi connectivity index (χ1) is 17.4. The van der Waals surface area contributed by atoms with E-state index in [4.69, 9.17) is 0 Å². The van der Waals surface area contributed by atoms with Crippen molar-refractivity contribution in [3.63, 3.8) is 0 Å². The largest absolute Gasteiger partial charge is 0.470 e. The van der Waals surface area contributed by atoms with Crippen LogP contribution in [0, 0.1) is 40.7 Å². The van der Waals surface area contributed by atoms with Gasteiger partial charge in [-0.3, -0.25) is 0 Å². The molecule has 0 amide bonds. The number of ether oxygens (including phenoxy) is 1. The molecule has 0 radical (unpaired) electrons. The monoisotopic (exact) mass is 660 g/mol. The summed E-state index contributed by atoms with van der Waals surface area (Å²) in [6.45, 7) is -7.63. The van der Waals surface area contributed by atoms with Gasteiger partial charge in [-0.05, 0) is 0 Å². The Hall–Kier alpha value is -2.48. The first kappa shape index (κ1) is 32.7. The van der Waals surface area contributed by atoms with Crippen LogP contribution in [-0.4, -0.2) is 24.3 Å². The summed E-state index contributed by atoms with van der Waals surface area (Å²) in [4.78, 5) is 0. The highest BCUT2D eigenvalue weighted by Gasteiger charge is 2.83. The summed E-state index contributed by atoms with van der Waals surface area (Å²) >= 11 is 9.13. The zero-order valence-corrected chi connectivity index (χ0v) is 19.5. The van der Waals surface area contributed by atoms with Gasteiger partial charge in [-0.25, -0.2) is 43.9 Å². The lowest BCUT2D eigenvalue weighted by atomic mass is 10.1. The molecule has 0 saturated heterocycles. The Balaban J connectivity index is 2.85. The third kappa shape index (κ3) is 4.76. The van der Waals surface area contributed by atoms with E-state index < -0.39 is 105 Å². The zero-order valence-electron chi connectivity index (χ0n) is 17.0. The molecule has 0 saturated carbocycles. The van der Waals surface area contributed by atoms with Crippen molar-refractivity contribution < 1.29 is 83.8 Å². The van der Waals surface area contributed by atoms with Crippen LogP contribution in [0.25, 0.3) is 10.8 Å². The van der Waals surface area contributed by atoms with Crippen molar-refractivity contribution in [3.05, 3.63) is 63.9 Å². The fourth-order valence-electron chi connectivity index (χ4n) is 2.59. The second-order valence-corrected chi connectivity index (χ2v) is 13.0. The molecule has 1 nitrogen and oxygen atoms in total. The number of hydrogen-bond donors (Lipinski definition) is 0. The molecule has 22 heteroatoms. The summed E-state index contributed by atoms with van der Waals surface area (Å²) in [5.74, 6) is -39.9. The van der Waals surface area contributed by atoms with Crippen LogP contribution in [0.5, 0.6) is 5.75 Å². The van der Waals surface area contributed by atoms with Crippen LogP contribution in [0.4, 0.5) is 79.0 Å². The molecule has 0 heterocycles. The molecule has 39 heavy (non-hydrogen) atoms. The minimum Gasteiger partial charge on any atom is -0.424 e. The second-order valence-electron chi connectivity index (χ2n) is 6.82. The van der Waals surface area contributed by atoms with Crippen LogP contribution in [0.3, 0.4) is 0 Å². The molecule has 218 valence electrons. The lowest BCUT2D eigenvalue weighted by molar-refractivity contribution is -0.354. The molecule has 0 N–H and O–H groups in total. The van der Waals surface area contributed by atoms with Gasteiger partial charge in [0.15, 0.2) is 51.9 Å². The second kappa shape index (κ2) is 10.2. The average Bonchev–Trinajstić information content (AvgIpc) is 2.84. The molecule has 0 atom stereocenters. The quantitative estimate of drug-likeness (QED) is 0.0719. The molecule has 0 bridgehead atoms. The Morgan fingerprint density at radius 1 is 0.564 bits per heavy atom. The van der Waals surface area contributed by atoms with E-state index in [0.29, 0.717) is 0 Å². The summed E-state index contributed by atoms with van der Waals surface area (Å²) in [5, 5.41) is -5.33. The predicted molar refractivity (Wildman–Crippen MR) is 96.2 cm³/mol. The fraction of sp³-hybridized carbons (Fsp3) is 0.176. The average molecular weight is 661 g/mol. The van der Waals surface area contributed by atoms with Crippen LogP contribution in [-0.2, 0) is 0 Å². The van der Waals surface area contributed by atoms with Crippen LogP contribution in [0.2, 0.25) is 0 Å². The third-order valence-electron chi connectivity index (χ3n) is 4.51. The first-order valence-corrected chi connectivity index (χ1v) is 12.7. The molecule has 0 unspecified atom stereocenters. The van der Waals surface area contributed by atoms with Gasteiger partial charge in [-0.15, -0.1) is 22.2 Å². The number of halogens is 20. The highest BCUT2D eigenvalue weighted by molar-refractivity contribution is 7.49. The maximum atomic E-state index is 14.3. The van der Waals surface area contributed by atoms with E-state index in [1.807, 2.05) is 0 Å². The number of fused-ring (bicyclic) bond motifs is 1. The van der Waals surface area contributed by atoms with Crippen LogP contribution in [0.1, 0.15) is 0 Å². The van der Waals surface area contributed by atoms with Gasteiger partial charge in [0.05, 0.1) is 10.8 Å². The zero-order chi connectivity index (χ0) is 30.8. The first-order valence-electron chi connectivity index (χ1n) is 8.69. The van der Waals surface area contributed by atoms with Crippen molar-refractivity contribution in [1.82, 2.24) is 0 Å². The lowest BCUT2D eigenvalue weighted by Crippen LogP contribution is -2.66. The minimum atomic E-state index is -7.63. The van der Waals surface area contributed by atoms with E-state index >= 15 is 0 Å². The standard InChI is InChI=1S/C17Cl2F18OSi/c18-39(19,14(31)11(28)10(27)13(29)30)17(36,37)15(32,33)16(34,35)38-12-2-1(4(21)8(25)9(12)26)3(20)6(23)7(24)5(2)22. The van der Waals surface area contributed by atoms with Gasteiger partial charge in [-0.2, -0.15) is 35.1 Å². The highest BCUT2D eigenvalue weighted by Crippen LogP contribution is 2.56. The molecule has 0 fully saturated rings. The van der Waals surface area contributed by atoms with Crippen LogP contribution >= 0.6 is 22.2 Å². The summed E-state index contributed by atoms with van der Waals surface area (Å²) in [6, 6.07) is 0. The predicted octanol–water partition coefficient (Wildman–Crippen LogP) is 9.28. The van der Waals surface area contributed by atoms with E-state index in [-0.39, 0.29) is 0 Å². The Labute approximate surface area is 211 Å². The van der Waals surface area contributed by atoms with Crippen LogP contribution in [0.15, 0.2) is 23.2 Å². The van der Waals surface area contributed by atoms with Gasteiger partial charge >= 0.3 is 30.4 Å². The maximum absolute atomic E-state index is 14.3. The molecule has 0 aliphatic carbocycles. The number of benzene rings is 2. The summed E-state index contributed by atoms with van der Waals surface area (Å²) in [5.41, 5.74) is -11.0. The van der Waals surface area contributed by atoms with E-state index in [0.717, 1.165) is 0 Å². The molecular weight excluding hydrogens is 661 g/mol. The Morgan fingerprint density at radius 2 is 0.949 bits per heavy atom. The molecular formula is C17Cl2F18OSi. The molecule has 0 aliphatic rings. The van der Waals surface area contributed by atoms with Gasteiger partial charge in [0.1, 0.15) is 0 Å². The van der Waals surface area contributed by atoms with E-state index in [1.165, 1.54) is 0 Å². The topological polar surface area (TPSA) is 9.23 Å². The highest BCUT2D eigenvalue weighted by atomic mass is 35.7. The van der Waals surface area contributed by atoms with Crippen LogP contribution < -0.4 is 4.74 Å². The van der Waals surface area contributed by atoms with E-state index in [9.17, 15) is 79.0 Å². The van der Waals surface area contributed by atoms with Gasteiger partial charge in [0.25, 0.3) is 0 Å². The molecule has 2 rings (SSSR count). The normalized spacial score (nSPS) is 14.1. The van der Waals surface area contributed by atoms with Crippen molar-refractivity contribution in [2.45, 2.75) is 17.6 Å². The number of alkyl halides is 6. The SMILES string of the molecule is FC(F)=C(F)C(F)=C(F)[Si](Cl)(Cl)C(F)(F)C(F)(F)C(F)(F)Oc1c(F)c(F)c(F)c2c(F)c(F)c(F)c(F)c12. The van der Waals surface area contributed by atoms with Crippen molar-refractivity contribution >= 4 is 39.6 Å². The summed E-state index contributed by atoms with van der Waals surface area (Å²) in [6.07, 6.45) is -11.0. The van der Waals surface area contributed by atoms with Gasteiger partial charge < -0.3 is 4.74 Å². The lowest BCUT2D eigenvalue weighted by Gasteiger charge is -2.36. The van der Waals surface area contributed by atoms with Gasteiger partial charge in [0, 0.05) is 0 Å². The Bertz CT molecular complexity index is 1410. The number of hydrogen-bond acceptors (Lipinski definition) is 1. The van der Waals surface area contributed by atoms with Crippen molar-refractivity contribution in [2.24, 2.45) is 0 Å². The van der Waals surface area contributed by atoms with Crippen molar-refractivity contribution in [1.29, 1.82) is 0 Å². The number of allylic oxidation sites excluding steroid dienone is 2. The molecule has 2 aromatic carbocycles. The summed E-state index contributed by atoms with van der Waals surface area (Å²) < 4.78 is 249. The molecule has 0 spiro atoms. The Morgan fingerprint density at radius 3 is 1.36 bits per heavy atom.